The van der Waals surface area contributed by atoms with E-state index in [1.807, 2.05) is 13.3 Å². The Morgan fingerprint density at radius 3 is 2.82 bits per heavy atom. The van der Waals surface area contributed by atoms with E-state index in [1.54, 1.807) is 6.07 Å². The Morgan fingerprint density at radius 2 is 2.09 bits per heavy atom. The SMILES string of the molecule is CC(c1ccc(F)cc1F)N1CCc2c(ncn2C2CC2)C1. The molecule has 1 unspecified atom stereocenters. The lowest BCUT2D eigenvalue weighted by atomic mass is 10.0. The van der Waals surface area contributed by atoms with Gasteiger partial charge in [-0.1, -0.05) is 6.07 Å². The van der Waals surface area contributed by atoms with Crippen molar-refractivity contribution in [3.8, 4) is 0 Å². The molecule has 0 amide bonds. The standard InChI is InChI=1S/C17H19F2N3/c1-11(14-5-2-12(18)8-15(14)19)21-7-6-17-16(9-21)20-10-22(17)13-3-4-13/h2,5,8,10-11,13H,3-4,6-7,9H2,1H3. The highest BCUT2D eigenvalue weighted by Crippen LogP contribution is 2.38. The summed E-state index contributed by atoms with van der Waals surface area (Å²) in [5, 5.41) is 0. The van der Waals surface area contributed by atoms with Crippen LogP contribution in [0.4, 0.5) is 8.78 Å². The molecule has 2 aliphatic rings. The summed E-state index contributed by atoms with van der Waals surface area (Å²) in [4.78, 5) is 6.76. The molecular weight excluding hydrogens is 284 g/mol. The van der Waals surface area contributed by atoms with E-state index in [2.05, 4.69) is 14.5 Å². The quantitative estimate of drug-likeness (QED) is 0.863. The lowest BCUT2D eigenvalue weighted by Gasteiger charge is -2.32. The van der Waals surface area contributed by atoms with Crippen LogP contribution in [0.5, 0.6) is 0 Å². The first kappa shape index (κ1) is 13.9. The molecule has 2 heterocycles. The highest BCUT2D eigenvalue weighted by atomic mass is 19.1. The van der Waals surface area contributed by atoms with Gasteiger partial charge in [0.15, 0.2) is 0 Å². The molecular formula is C17H19F2N3. The normalized spacial score (nSPS) is 20.0. The number of imidazole rings is 1. The molecule has 3 nitrogen and oxygen atoms in total. The van der Waals surface area contributed by atoms with Crippen LogP contribution in [-0.4, -0.2) is 21.0 Å². The zero-order chi connectivity index (χ0) is 15.3. The van der Waals surface area contributed by atoms with Gasteiger partial charge in [-0.3, -0.25) is 4.90 Å². The average Bonchev–Trinajstić information content (AvgIpc) is 3.26. The molecule has 1 atom stereocenters. The summed E-state index contributed by atoms with van der Waals surface area (Å²) in [5.41, 5.74) is 2.99. The van der Waals surface area contributed by atoms with Gasteiger partial charge in [-0.25, -0.2) is 13.8 Å². The van der Waals surface area contributed by atoms with E-state index < -0.39 is 11.6 Å². The minimum absolute atomic E-state index is 0.0835. The molecule has 1 fully saturated rings. The topological polar surface area (TPSA) is 21.1 Å². The fraction of sp³-hybridized carbons (Fsp3) is 0.471. The Kier molecular flexibility index (Phi) is 3.26. The average molecular weight is 303 g/mol. The third kappa shape index (κ3) is 2.33. The minimum Gasteiger partial charge on any atom is -0.331 e. The molecule has 0 saturated heterocycles. The van der Waals surface area contributed by atoms with Gasteiger partial charge in [0.1, 0.15) is 11.6 Å². The summed E-state index contributed by atoms with van der Waals surface area (Å²) in [6.07, 6.45) is 5.40. The molecule has 4 rings (SSSR count). The molecule has 0 spiro atoms. The summed E-state index contributed by atoms with van der Waals surface area (Å²) in [6, 6.07) is 4.40. The van der Waals surface area contributed by atoms with Gasteiger partial charge in [0, 0.05) is 48.9 Å². The smallest absolute Gasteiger partial charge is 0.130 e. The predicted octanol–water partition coefficient (Wildman–Crippen LogP) is 3.62. The van der Waals surface area contributed by atoms with Crippen LogP contribution < -0.4 is 0 Å². The molecule has 2 aromatic rings. The third-order valence-electron chi connectivity index (χ3n) is 4.87. The lowest BCUT2D eigenvalue weighted by Crippen LogP contribution is -2.34. The minimum atomic E-state index is -0.530. The number of aromatic nitrogens is 2. The van der Waals surface area contributed by atoms with Crippen LogP contribution in [0.1, 0.15) is 48.8 Å². The van der Waals surface area contributed by atoms with E-state index in [9.17, 15) is 8.78 Å². The molecule has 1 aliphatic carbocycles. The fourth-order valence-electron chi connectivity index (χ4n) is 3.39. The van der Waals surface area contributed by atoms with E-state index in [0.717, 1.165) is 31.3 Å². The number of benzene rings is 1. The molecule has 1 aliphatic heterocycles. The molecule has 1 saturated carbocycles. The Balaban J connectivity index is 1.56. The van der Waals surface area contributed by atoms with Crippen molar-refractivity contribution in [2.75, 3.05) is 6.54 Å². The van der Waals surface area contributed by atoms with Crippen molar-refractivity contribution >= 4 is 0 Å². The summed E-state index contributed by atoms with van der Waals surface area (Å²) in [5.74, 6) is -1.00. The van der Waals surface area contributed by atoms with E-state index >= 15 is 0 Å². The number of hydrogen-bond donors (Lipinski definition) is 0. The van der Waals surface area contributed by atoms with Crippen LogP contribution in [0.15, 0.2) is 24.5 Å². The van der Waals surface area contributed by atoms with Crippen LogP contribution >= 0.6 is 0 Å². The van der Waals surface area contributed by atoms with E-state index in [0.29, 0.717) is 11.6 Å². The summed E-state index contributed by atoms with van der Waals surface area (Å²) < 4.78 is 29.4. The monoisotopic (exact) mass is 303 g/mol. The zero-order valence-corrected chi connectivity index (χ0v) is 12.6. The number of hydrogen-bond acceptors (Lipinski definition) is 2. The highest BCUT2D eigenvalue weighted by Gasteiger charge is 2.31. The van der Waals surface area contributed by atoms with E-state index in [-0.39, 0.29) is 6.04 Å². The van der Waals surface area contributed by atoms with Crippen LogP contribution in [-0.2, 0) is 13.0 Å². The first-order chi connectivity index (χ1) is 10.6. The molecule has 0 bridgehead atoms. The fourth-order valence-corrected chi connectivity index (χ4v) is 3.39. The maximum absolute atomic E-state index is 14.0. The van der Waals surface area contributed by atoms with Crippen LogP contribution in [0.3, 0.4) is 0 Å². The lowest BCUT2D eigenvalue weighted by molar-refractivity contribution is 0.184. The van der Waals surface area contributed by atoms with E-state index in [4.69, 9.17) is 0 Å². The highest BCUT2D eigenvalue weighted by molar-refractivity contribution is 5.24. The van der Waals surface area contributed by atoms with Crippen LogP contribution in [0.2, 0.25) is 0 Å². The van der Waals surface area contributed by atoms with Gasteiger partial charge >= 0.3 is 0 Å². The predicted molar refractivity (Wildman–Crippen MR) is 79.4 cm³/mol. The molecule has 0 radical (unpaired) electrons. The van der Waals surface area contributed by atoms with Gasteiger partial charge in [-0.2, -0.15) is 0 Å². The first-order valence-electron chi connectivity index (χ1n) is 7.87. The van der Waals surface area contributed by atoms with Gasteiger partial charge in [0.25, 0.3) is 0 Å². The number of rotatable bonds is 3. The Morgan fingerprint density at radius 1 is 1.27 bits per heavy atom. The Bertz CT molecular complexity index is 706. The molecule has 116 valence electrons. The second kappa shape index (κ2) is 5.16. The molecule has 1 aromatic heterocycles. The number of nitrogens with zero attached hydrogens (tertiary/aromatic N) is 3. The van der Waals surface area contributed by atoms with Crippen LogP contribution in [0.25, 0.3) is 0 Å². The summed E-state index contributed by atoms with van der Waals surface area (Å²) >= 11 is 0. The van der Waals surface area contributed by atoms with Crippen molar-refractivity contribution in [1.29, 1.82) is 0 Å². The zero-order valence-electron chi connectivity index (χ0n) is 12.6. The van der Waals surface area contributed by atoms with E-state index in [1.165, 1.54) is 24.6 Å². The molecule has 5 heteroatoms. The largest absolute Gasteiger partial charge is 0.331 e. The van der Waals surface area contributed by atoms with Gasteiger partial charge in [0.05, 0.1) is 12.0 Å². The maximum Gasteiger partial charge on any atom is 0.130 e. The second-order valence-electron chi connectivity index (χ2n) is 6.34. The number of fused-ring (bicyclic) bond motifs is 1. The van der Waals surface area contributed by atoms with Crippen molar-refractivity contribution in [2.45, 2.75) is 44.8 Å². The Labute approximate surface area is 128 Å². The molecule has 1 aromatic carbocycles. The second-order valence-corrected chi connectivity index (χ2v) is 6.34. The first-order valence-corrected chi connectivity index (χ1v) is 7.87. The third-order valence-corrected chi connectivity index (χ3v) is 4.87. The molecule has 0 N–H and O–H groups in total. The van der Waals surface area contributed by atoms with Crippen molar-refractivity contribution in [3.63, 3.8) is 0 Å². The summed E-state index contributed by atoms with van der Waals surface area (Å²) in [7, 11) is 0. The van der Waals surface area contributed by atoms with Gasteiger partial charge < -0.3 is 4.57 Å². The van der Waals surface area contributed by atoms with Crippen LogP contribution in [0, 0.1) is 11.6 Å². The van der Waals surface area contributed by atoms with Crippen molar-refractivity contribution < 1.29 is 8.78 Å². The van der Waals surface area contributed by atoms with Gasteiger partial charge in [-0.15, -0.1) is 0 Å². The number of halogens is 2. The van der Waals surface area contributed by atoms with Gasteiger partial charge in [-0.05, 0) is 25.8 Å². The van der Waals surface area contributed by atoms with Crippen molar-refractivity contribution in [2.24, 2.45) is 0 Å². The van der Waals surface area contributed by atoms with Crippen molar-refractivity contribution in [3.05, 3.63) is 53.1 Å². The summed E-state index contributed by atoms with van der Waals surface area (Å²) in [6.45, 7) is 3.58. The maximum atomic E-state index is 14.0. The van der Waals surface area contributed by atoms with Crippen molar-refractivity contribution in [1.82, 2.24) is 14.5 Å². The van der Waals surface area contributed by atoms with Gasteiger partial charge in [0.2, 0.25) is 0 Å². The Hall–Kier alpha value is -1.75. The molecule has 22 heavy (non-hydrogen) atoms.